The summed E-state index contributed by atoms with van der Waals surface area (Å²) in [6.45, 7) is 0. The van der Waals surface area contributed by atoms with E-state index in [9.17, 15) is 4.79 Å². The summed E-state index contributed by atoms with van der Waals surface area (Å²) < 4.78 is 1.99. The fourth-order valence-corrected chi connectivity index (χ4v) is 2.68. The molecular formula is C14H22N2O. The molecule has 0 bridgehead atoms. The summed E-state index contributed by atoms with van der Waals surface area (Å²) in [4.78, 5) is 16.0. The Bertz CT molecular complexity index is 364. The van der Waals surface area contributed by atoms with Crippen molar-refractivity contribution in [1.82, 2.24) is 9.55 Å². The minimum Gasteiger partial charge on any atom is -0.338 e. The molecule has 3 nitrogen and oxygen atoms in total. The highest BCUT2D eigenvalue weighted by Gasteiger charge is 2.16. The molecule has 1 aliphatic carbocycles. The van der Waals surface area contributed by atoms with E-state index >= 15 is 0 Å². The number of hydrogen-bond donors (Lipinski definition) is 0. The molecule has 94 valence electrons. The van der Waals surface area contributed by atoms with Gasteiger partial charge in [0.2, 0.25) is 0 Å². The van der Waals surface area contributed by atoms with Gasteiger partial charge in [-0.05, 0) is 12.3 Å². The van der Waals surface area contributed by atoms with Crippen LogP contribution < -0.4 is 0 Å². The molecule has 17 heavy (non-hydrogen) atoms. The molecule has 2 rings (SSSR count). The quantitative estimate of drug-likeness (QED) is 0.758. The van der Waals surface area contributed by atoms with Crippen molar-refractivity contribution in [3.05, 3.63) is 18.2 Å². The SMILES string of the molecule is Cn1ccnc1CCC(=O)CCC1CCCC1. The van der Waals surface area contributed by atoms with Crippen molar-refractivity contribution in [2.24, 2.45) is 13.0 Å². The van der Waals surface area contributed by atoms with E-state index in [1.54, 1.807) is 6.20 Å². The molecule has 3 heteroatoms. The Kier molecular flexibility index (Phi) is 4.35. The van der Waals surface area contributed by atoms with E-state index in [2.05, 4.69) is 4.98 Å². The zero-order valence-corrected chi connectivity index (χ0v) is 10.7. The van der Waals surface area contributed by atoms with E-state index in [-0.39, 0.29) is 0 Å². The minimum atomic E-state index is 0.403. The van der Waals surface area contributed by atoms with Crippen LogP contribution in [0, 0.1) is 5.92 Å². The predicted molar refractivity (Wildman–Crippen MR) is 67.7 cm³/mol. The van der Waals surface area contributed by atoms with Crippen molar-refractivity contribution in [2.75, 3.05) is 0 Å². The Morgan fingerprint density at radius 1 is 1.41 bits per heavy atom. The molecule has 1 heterocycles. The third-order valence-electron chi connectivity index (χ3n) is 3.85. The molecule has 0 unspecified atom stereocenters. The summed E-state index contributed by atoms with van der Waals surface area (Å²) in [5.41, 5.74) is 0. The molecule has 1 saturated carbocycles. The smallest absolute Gasteiger partial charge is 0.133 e. The molecular weight excluding hydrogens is 212 g/mol. The average Bonchev–Trinajstić information content (AvgIpc) is 2.95. The molecule has 0 N–H and O–H groups in total. The number of aromatic nitrogens is 2. The van der Waals surface area contributed by atoms with Gasteiger partial charge in [-0.25, -0.2) is 4.98 Å². The largest absolute Gasteiger partial charge is 0.338 e. The second-order valence-electron chi connectivity index (χ2n) is 5.18. The molecule has 0 spiro atoms. The van der Waals surface area contributed by atoms with Gasteiger partial charge < -0.3 is 4.57 Å². The number of hydrogen-bond acceptors (Lipinski definition) is 2. The highest BCUT2D eigenvalue weighted by atomic mass is 16.1. The third-order valence-corrected chi connectivity index (χ3v) is 3.85. The van der Waals surface area contributed by atoms with E-state index in [1.165, 1.54) is 25.7 Å². The van der Waals surface area contributed by atoms with Crippen molar-refractivity contribution in [1.29, 1.82) is 0 Å². The average molecular weight is 234 g/mol. The van der Waals surface area contributed by atoms with Crippen LogP contribution in [0.4, 0.5) is 0 Å². The Morgan fingerprint density at radius 2 is 2.18 bits per heavy atom. The fourth-order valence-electron chi connectivity index (χ4n) is 2.68. The molecule has 0 aromatic carbocycles. The molecule has 1 aromatic heterocycles. The summed E-state index contributed by atoms with van der Waals surface area (Å²) in [7, 11) is 1.98. The number of imidazole rings is 1. The number of aryl methyl sites for hydroxylation is 2. The van der Waals surface area contributed by atoms with Crippen LogP contribution in [0.3, 0.4) is 0 Å². The van der Waals surface area contributed by atoms with Crippen molar-refractivity contribution in [3.8, 4) is 0 Å². The van der Waals surface area contributed by atoms with Crippen molar-refractivity contribution in [2.45, 2.75) is 51.4 Å². The molecule has 0 radical (unpaired) electrons. The number of carbonyl (C=O) groups is 1. The highest BCUT2D eigenvalue weighted by Crippen LogP contribution is 2.28. The lowest BCUT2D eigenvalue weighted by Gasteiger charge is -2.07. The molecule has 0 saturated heterocycles. The first-order valence-electron chi connectivity index (χ1n) is 6.73. The van der Waals surface area contributed by atoms with Gasteiger partial charge in [-0.3, -0.25) is 4.79 Å². The van der Waals surface area contributed by atoms with E-state index in [0.717, 1.165) is 31.0 Å². The van der Waals surface area contributed by atoms with E-state index in [1.807, 2.05) is 17.8 Å². The Hall–Kier alpha value is -1.12. The first-order valence-corrected chi connectivity index (χ1v) is 6.73. The van der Waals surface area contributed by atoms with Gasteiger partial charge in [0.05, 0.1) is 0 Å². The maximum Gasteiger partial charge on any atom is 0.133 e. The molecule has 1 aromatic rings. The number of rotatable bonds is 6. The maximum absolute atomic E-state index is 11.8. The Morgan fingerprint density at radius 3 is 2.82 bits per heavy atom. The van der Waals surface area contributed by atoms with Crippen molar-refractivity contribution >= 4 is 5.78 Å². The molecule has 0 aliphatic heterocycles. The number of Topliss-reactive ketones (excluding diaryl/α,β-unsaturated/α-hetero) is 1. The zero-order chi connectivity index (χ0) is 12.1. The van der Waals surface area contributed by atoms with Gasteiger partial charge in [-0.1, -0.05) is 25.7 Å². The summed E-state index contributed by atoms with van der Waals surface area (Å²) in [6.07, 6.45) is 12.5. The van der Waals surface area contributed by atoms with Crippen molar-refractivity contribution in [3.63, 3.8) is 0 Å². The lowest BCUT2D eigenvalue weighted by atomic mass is 9.99. The standard InChI is InChI=1S/C14H22N2O/c1-16-11-10-15-14(16)9-8-13(17)7-6-12-4-2-3-5-12/h10-12H,2-9H2,1H3. The van der Waals surface area contributed by atoms with E-state index in [0.29, 0.717) is 12.2 Å². The second-order valence-corrected chi connectivity index (χ2v) is 5.18. The van der Waals surface area contributed by atoms with Gasteiger partial charge in [-0.15, -0.1) is 0 Å². The van der Waals surface area contributed by atoms with Crippen LogP contribution in [0.2, 0.25) is 0 Å². The van der Waals surface area contributed by atoms with Crippen LogP contribution in [0.25, 0.3) is 0 Å². The predicted octanol–water partition coefficient (Wildman–Crippen LogP) is 2.89. The monoisotopic (exact) mass is 234 g/mol. The van der Waals surface area contributed by atoms with Crippen LogP contribution >= 0.6 is 0 Å². The number of carbonyl (C=O) groups excluding carboxylic acids is 1. The second kappa shape index (κ2) is 5.99. The summed E-state index contributed by atoms with van der Waals surface area (Å²) >= 11 is 0. The van der Waals surface area contributed by atoms with Gasteiger partial charge in [0.15, 0.2) is 0 Å². The van der Waals surface area contributed by atoms with Gasteiger partial charge in [-0.2, -0.15) is 0 Å². The Balaban J connectivity index is 1.65. The fraction of sp³-hybridized carbons (Fsp3) is 0.714. The molecule has 1 aliphatic rings. The molecule has 1 fully saturated rings. The van der Waals surface area contributed by atoms with Gasteiger partial charge >= 0.3 is 0 Å². The van der Waals surface area contributed by atoms with Gasteiger partial charge in [0.1, 0.15) is 11.6 Å². The molecule has 0 atom stereocenters. The topological polar surface area (TPSA) is 34.9 Å². The van der Waals surface area contributed by atoms with Crippen LogP contribution in [-0.2, 0) is 18.3 Å². The van der Waals surface area contributed by atoms with Crippen LogP contribution in [0.15, 0.2) is 12.4 Å². The number of nitrogens with zero attached hydrogens (tertiary/aromatic N) is 2. The van der Waals surface area contributed by atoms with E-state index < -0.39 is 0 Å². The summed E-state index contributed by atoms with van der Waals surface area (Å²) in [5.74, 6) is 2.24. The maximum atomic E-state index is 11.8. The molecule has 0 amide bonds. The first-order chi connectivity index (χ1) is 8.25. The van der Waals surface area contributed by atoms with Crippen LogP contribution in [0.5, 0.6) is 0 Å². The zero-order valence-electron chi connectivity index (χ0n) is 10.7. The lowest BCUT2D eigenvalue weighted by molar-refractivity contribution is -0.119. The number of ketones is 1. The summed E-state index contributed by atoms with van der Waals surface area (Å²) in [6, 6.07) is 0. The van der Waals surface area contributed by atoms with Crippen molar-refractivity contribution < 1.29 is 4.79 Å². The minimum absolute atomic E-state index is 0.403. The highest BCUT2D eigenvalue weighted by molar-refractivity contribution is 5.78. The van der Waals surface area contributed by atoms with E-state index in [4.69, 9.17) is 0 Å². The summed E-state index contributed by atoms with van der Waals surface area (Å²) in [5, 5.41) is 0. The van der Waals surface area contributed by atoms with Gasteiger partial charge in [0, 0.05) is 38.7 Å². The Labute approximate surface area is 103 Å². The van der Waals surface area contributed by atoms with Crippen LogP contribution in [-0.4, -0.2) is 15.3 Å². The lowest BCUT2D eigenvalue weighted by Crippen LogP contribution is -2.06. The third kappa shape index (κ3) is 3.69. The normalized spacial score (nSPS) is 16.5. The van der Waals surface area contributed by atoms with Gasteiger partial charge in [0.25, 0.3) is 0 Å². The first kappa shape index (κ1) is 12.3. The van der Waals surface area contributed by atoms with Crippen LogP contribution in [0.1, 0.15) is 50.8 Å².